The Morgan fingerprint density at radius 1 is 0.468 bits per heavy atom. The molecule has 2 aromatic heterocycles. The van der Waals surface area contributed by atoms with Gasteiger partial charge in [-0.2, -0.15) is 0 Å². The number of hydrogen-bond donors (Lipinski definition) is 0. The molecule has 6 heterocycles. The number of fused-ring (bicyclic) bond motifs is 2. The Morgan fingerprint density at radius 2 is 0.839 bits per heavy atom. The summed E-state index contributed by atoms with van der Waals surface area (Å²) in [6, 6.07) is 41.9. The number of carbonyl (C=O) groups is 4. The second-order valence-electron chi connectivity index (χ2n) is 16.6. The van der Waals surface area contributed by atoms with E-state index in [0.29, 0.717) is 35.7 Å². The minimum Gasteiger partial charge on any atom is -0.467 e. The van der Waals surface area contributed by atoms with Crippen molar-refractivity contribution in [2.45, 2.75) is 62.4 Å². The average Bonchev–Trinajstić information content (AvgIpc) is 4.18. The van der Waals surface area contributed by atoms with Crippen LogP contribution in [0, 0.1) is 0 Å². The van der Waals surface area contributed by atoms with Gasteiger partial charge < -0.3 is 28.4 Å². The zero-order valence-corrected chi connectivity index (χ0v) is 34.9. The number of amides is 4. The van der Waals surface area contributed by atoms with Gasteiger partial charge in [-0.15, -0.1) is 0 Å². The van der Waals surface area contributed by atoms with Crippen LogP contribution in [0.5, 0.6) is 0 Å². The second-order valence-corrected chi connectivity index (χ2v) is 16.6. The number of nitrogens with zero attached hydrogens (tertiary/aromatic N) is 4. The smallest absolute Gasteiger partial charge is 0.254 e. The van der Waals surface area contributed by atoms with E-state index in [4.69, 9.17) is 8.83 Å². The van der Waals surface area contributed by atoms with Crippen LogP contribution in [0.3, 0.4) is 0 Å². The minimum absolute atomic E-state index is 0.0431. The molecule has 4 atom stereocenters. The van der Waals surface area contributed by atoms with Gasteiger partial charge in [-0.3, -0.25) is 19.2 Å². The van der Waals surface area contributed by atoms with E-state index >= 15 is 0 Å². The summed E-state index contributed by atoms with van der Waals surface area (Å²) in [6.07, 6.45) is 8.79. The van der Waals surface area contributed by atoms with Crippen LogP contribution in [0.2, 0.25) is 0 Å². The number of likely N-dealkylation sites (tertiary alicyclic amines) is 2. The number of hydrogen-bond acceptors (Lipinski definition) is 6. The van der Waals surface area contributed by atoms with Crippen molar-refractivity contribution in [1.82, 2.24) is 19.6 Å². The highest BCUT2D eigenvalue weighted by molar-refractivity contribution is 6.02. The standard InChI is InChI=1S/2C26H26N2O3/c2*29-25-21-12-5-4-11-20(21)23(26(30)27-15-6-7-16-27)24(22-13-8-18-31-22)28(25)17-14-19-9-2-1-3-10-19/h2*1-5,8-13,18,23-24H,6-7,14-17H2/t2*23-,24+/m10/s1. The van der Waals surface area contributed by atoms with Crippen LogP contribution in [-0.2, 0) is 22.4 Å². The van der Waals surface area contributed by atoms with Gasteiger partial charge in [0.05, 0.1) is 24.4 Å². The Balaban J connectivity index is 0.000000158. The maximum Gasteiger partial charge on any atom is 0.254 e. The van der Waals surface area contributed by atoms with Crippen molar-refractivity contribution in [3.63, 3.8) is 0 Å². The van der Waals surface area contributed by atoms with Crippen LogP contribution in [0.15, 0.2) is 155 Å². The molecule has 10 heteroatoms. The quantitative estimate of drug-likeness (QED) is 0.137. The molecule has 0 saturated carbocycles. The molecule has 2 saturated heterocycles. The van der Waals surface area contributed by atoms with Gasteiger partial charge in [0.2, 0.25) is 11.8 Å². The second kappa shape index (κ2) is 18.5. The maximum atomic E-state index is 13.7. The summed E-state index contributed by atoms with van der Waals surface area (Å²) in [6.45, 7) is 4.15. The third-order valence-corrected chi connectivity index (χ3v) is 12.9. The van der Waals surface area contributed by atoms with Crippen molar-refractivity contribution < 1.29 is 28.0 Å². The molecule has 0 radical (unpaired) electrons. The lowest BCUT2D eigenvalue weighted by molar-refractivity contribution is -0.134. The fraction of sp³-hybridized carbons (Fsp3) is 0.308. The van der Waals surface area contributed by atoms with E-state index in [1.165, 1.54) is 0 Å². The summed E-state index contributed by atoms with van der Waals surface area (Å²) in [7, 11) is 0. The molecule has 316 valence electrons. The Hall–Kier alpha value is -6.68. The third kappa shape index (κ3) is 8.21. The van der Waals surface area contributed by atoms with E-state index in [2.05, 4.69) is 24.3 Å². The Labute approximate surface area is 362 Å². The molecule has 10 nitrogen and oxygen atoms in total. The topological polar surface area (TPSA) is 108 Å². The molecule has 4 aliphatic heterocycles. The Bertz CT molecular complexity index is 2280. The molecule has 6 aromatic rings. The maximum absolute atomic E-state index is 13.7. The molecular weight excluding hydrogens is 777 g/mol. The first kappa shape index (κ1) is 40.7. The molecule has 4 amide bonds. The van der Waals surface area contributed by atoms with Crippen LogP contribution in [0.25, 0.3) is 0 Å². The Morgan fingerprint density at radius 3 is 1.21 bits per heavy atom. The normalized spacial score (nSPS) is 20.7. The lowest BCUT2D eigenvalue weighted by Crippen LogP contribution is -2.48. The molecule has 0 N–H and O–H groups in total. The SMILES string of the molecule is O=C([C@@H]1c2ccccc2C(=O)N(CCc2ccccc2)[C@H]1c1ccco1)N1CCCC1.O=C([C@H]1c2ccccc2C(=O)N(CCc2ccccc2)[C@@H]1c1ccco1)N1CCCC1. The van der Waals surface area contributed by atoms with Crippen LogP contribution >= 0.6 is 0 Å². The highest BCUT2D eigenvalue weighted by Crippen LogP contribution is 2.46. The lowest BCUT2D eigenvalue weighted by Gasteiger charge is -2.41. The van der Waals surface area contributed by atoms with Crippen LogP contribution < -0.4 is 0 Å². The average molecular weight is 829 g/mol. The van der Waals surface area contributed by atoms with Crippen molar-refractivity contribution in [2.24, 2.45) is 0 Å². The summed E-state index contributed by atoms with van der Waals surface area (Å²) in [4.78, 5) is 62.2. The summed E-state index contributed by atoms with van der Waals surface area (Å²) in [5, 5.41) is 0. The lowest BCUT2D eigenvalue weighted by atomic mass is 9.80. The fourth-order valence-corrected chi connectivity index (χ4v) is 9.82. The van der Waals surface area contributed by atoms with Gasteiger partial charge in [-0.1, -0.05) is 97.1 Å². The Kier molecular flexibility index (Phi) is 12.2. The molecule has 2 fully saturated rings. The largest absolute Gasteiger partial charge is 0.467 e. The van der Waals surface area contributed by atoms with Crippen molar-refractivity contribution in [3.05, 3.63) is 191 Å². The molecular formula is C52H52N4O6. The van der Waals surface area contributed by atoms with Gasteiger partial charge in [0, 0.05) is 50.4 Å². The molecule has 4 aromatic carbocycles. The summed E-state index contributed by atoms with van der Waals surface area (Å²) in [5.74, 6) is 0.480. The van der Waals surface area contributed by atoms with Crippen LogP contribution in [0.4, 0.5) is 0 Å². The van der Waals surface area contributed by atoms with Crippen LogP contribution in [-0.4, -0.2) is 82.5 Å². The van der Waals surface area contributed by atoms with E-state index < -0.39 is 23.9 Å². The molecule has 0 bridgehead atoms. The number of benzene rings is 4. The van der Waals surface area contributed by atoms with E-state index in [9.17, 15) is 19.2 Å². The van der Waals surface area contributed by atoms with Crippen molar-refractivity contribution in [1.29, 1.82) is 0 Å². The first-order valence-electron chi connectivity index (χ1n) is 22.0. The number of carbonyl (C=O) groups excluding carboxylic acids is 4. The van der Waals surface area contributed by atoms with E-state index in [0.717, 1.165) is 87.0 Å². The van der Waals surface area contributed by atoms with Crippen molar-refractivity contribution in [2.75, 3.05) is 39.3 Å². The predicted molar refractivity (Wildman–Crippen MR) is 235 cm³/mol. The van der Waals surface area contributed by atoms with E-state index in [-0.39, 0.29) is 23.6 Å². The summed E-state index contributed by atoms with van der Waals surface area (Å²) < 4.78 is 11.6. The zero-order chi connectivity index (χ0) is 42.4. The van der Waals surface area contributed by atoms with Gasteiger partial charge in [0.15, 0.2) is 0 Å². The van der Waals surface area contributed by atoms with Crippen molar-refractivity contribution in [3.8, 4) is 0 Å². The highest BCUT2D eigenvalue weighted by Gasteiger charge is 2.48. The predicted octanol–water partition coefficient (Wildman–Crippen LogP) is 8.85. The van der Waals surface area contributed by atoms with Crippen LogP contribution in [0.1, 0.15) is 104 Å². The molecule has 10 rings (SSSR count). The van der Waals surface area contributed by atoms with Gasteiger partial charge in [0.25, 0.3) is 11.8 Å². The highest BCUT2D eigenvalue weighted by atomic mass is 16.3. The number of furan rings is 2. The molecule has 4 aliphatic rings. The summed E-state index contributed by atoms with van der Waals surface area (Å²) >= 11 is 0. The van der Waals surface area contributed by atoms with Gasteiger partial charge in [-0.05, 0) is 97.2 Å². The van der Waals surface area contributed by atoms with E-state index in [1.54, 1.807) is 12.5 Å². The molecule has 62 heavy (non-hydrogen) atoms. The van der Waals surface area contributed by atoms with Gasteiger partial charge in [-0.25, -0.2) is 0 Å². The van der Waals surface area contributed by atoms with E-state index in [1.807, 2.05) is 129 Å². The first-order valence-corrected chi connectivity index (χ1v) is 22.0. The number of rotatable bonds is 10. The first-order chi connectivity index (χ1) is 30.5. The molecule has 0 aliphatic carbocycles. The fourth-order valence-electron chi connectivity index (χ4n) is 9.82. The zero-order valence-electron chi connectivity index (χ0n) is 34.9. The molecule has 0 spiro atoms. The minimum atomic E-state index is -0.464. The third-order valence-electron chi connectivity index (χ3n) is 12.9. The monoisotopic (exact) mass is 828 g/mol. The van der Waals surface area contributed by atoms with Gasteiger partial charge in [0.1, 0.15) is 23.6 Å². The molecule has 0 unspecified atom stereocenters. The van der Waals surface area contributed by atoms with Crippen molar-refractivity contribution >= 4 is 23.6 Å². The summed E-state index contributed by atoms with van der Waals surface area (Å²) in [5.41, 5.74) is 5.18. The van der Waals surface area contributed by atoms with Gasteiger partial charge >= 0.3 is 0 Å².